The van der Waals surface area contributed by atoms with Crippen molar-refractivity contribution < 1.29 is 23.8 Å². The van der Waals surface area contributed by atoms with Crippen LogP contribution in [0.3, 0.4) is 0 Å². The van der Waals surface area contributed by atoms with Crippen molar-refractivity contribution >= 4 is 11.9 Å². The number of carbonyl (C=O) groups is 2. The van der Waals surface area contributed by atoms with E-state index in [0.717, 1.165) is 89.9 Å². The van der Waals surface area contributed by atoms with Gasteiger partial charge in [-0.15, -0.1) is 0 Å². The van der Waals surface area contributed by atoms with Crippen molar-refractivity contribution in [3.8, 4) is 0 Å². The van der Waals surface area contributed by atoms with Gasteiger partial charge in [0.15, 0.2) is 6.10 Å². The Morgan fingerprint density at radius 3 is 1.41 bits per heavy atom. The molecule has 1 unspecified atom stereocenters. The first kappa shape index (κ1) is 50.8. The van der Waals surface area contributed by atoms with Crippen LogP contribution in [0.1, 0.15) is 175 Å². The van der Waals surface area contributed by atoms with E-state index in [0.29, 0.717) is 25.9 Å². The first-order valence-electron chi connectivity index (χ1n) is 21.8. The van der Waals surface area contributed by atoms with E-state index in [9.17, 15) is 9.59 Å². The van der Waals surface area contributed by atoms with Crippen LogP contribution in [0, 0.1) is 0 Å². The van der Waals surface area contributed by atoms with E-state index in [4.69, 9.17) is 14.2 Å². The molecule has 5 nitrogen and oxygen atoms in total. The SMILES string of the molecule is CC/C=C\C/C=C\C/C=C\C/C=C\CCCCCCCOCC(COC(=O)CC/C=C\C/C=C\C/C=C\C/C=C\CC)OC(=O)CCCCCCCCC. The average Bonchev–Trinajstić information content (AvgIpc) is 3.17. The summed E-state index contributed by atoms with van der Waals surface area (Å²) in [5.41, 5.74) is 0. The van der Waals surface area contributed by atoms with Crippen molar-refractivity contribution in [1.29, 1.82) is 0 Å². The number of hydrogen-bond acceptors (Lipinski definition) is 5. The number of ether oxygens (including phenoxy) is 3. The molecule has 0 aromatic heterocycles. The van der Waals surface area contributed by atoms with Gasteiger partial charge in [-0.25, -0.2) is 0 Å². The second kappa shape index (κ2) is 44.2. The summed E-state index contributed by atoms with van der Waals surface area (Å²) < 4.78 is 17.1. The van der Waals surface area contributed by atoms with E-state index < -0.39 is 6.10 Å². The molecule has 0 radical (unpaired) electrons. The topological polar surface area (TPSA) is 61.8 Å². The molecule has 0 spiro atoms. The lowest BCUT2D eigenvalue weighted by Crippen LogP contribution is -2.30. The van der Waals surface area contributed by atoms with Crippen molar-refractivity contribution in [3.63, 3.8) is 0 Å². The zero-order valence-electron chi connectivity index (χ0n) is 34.9. The summed E-state index contributed by atoms with van der Waals surface area (Å²) in [4.78, 5) is 25.0. The highest BCUT2D eigenvalue weighted by Gasteiger charge is 2.17. The summed E-state index contributed by atoms with van der Waals surface area (Å²) in [5.74, 6) is -0.517. The fraction of sp³-hybridized carbons (Fsp3) is 0.633. The molecule has 306 valence electrons. The molecule has 0 amide bonds. The third-order valence-electron chi connectivity index (χ3n) is 8.63. The van der Waals surface area contributed by atoms with Gasteiger partial charge in [0.1, 0.15) is 6.61 Å². The number of unbranched alkanes of at least 4 members (excludes halogenated alkanes) is 11. The van der Waals surface area contributed by atoms with Crippen LogP contribution in [-0.4, -0.2) is 37.9 Å². The van der Waals surface area contributed by atoms with Crippen molar-refractivity contribution in [2.24, 2.45) is 0 Å². The van der Waals surface area contributed by atoms with Crippen LogP contribution in [0.5, 0.6) is 0 Å². The smallest absolute Gasteiger partial charge is 0.306 e. The van der Waals surface area contributed by atoms with Gasteiger partial charge in [0.25, 0.3) is 0 Å². The van der Waals surface area contributed by atoms with Crippen molar-refractivity contribution in [2.45, 2.75) is 181 Å². The highest BCUT2D eigenvalue weighted by Crippen LogP contribution is 2.11. The minimum Gasteiger partial charge on any atom is -0.462 e. The van der Waals surface area contributed by atoms with Gasteiger partial charge in [0, 0.05) is 19.4 Å². The predicted molar refractivity (Wildman–Crippen MR) is 233 cm³/mol. The molecule has 5 heteroatoms. The zero-order valence-corrected chi connectivity index (χ0v) is 34.9. The number of esters is 2. The number of rotatable bonds is 38. The molecule has 0 aliphatic carbocycles. The normalized spacial score (nSPS) is 13.2. The largest absolute Gasteiger partial charge is 0.462 e. The van der Waals surface area contributed by atoms with E-state index in [1.165, 1.54) is 44.9 Å². The summed E-state index contributed by atoms with van der Waals surface area (Å²) in [6.45, 7) is 7.42. The first-order valence-corrected chi connectivity index (χ1v) is 21.8. The molecule has 54 heavy (non-hydrogen) atoms. The van der Waals surface area contributed by atoms with E-state index in [-0.39, 0.29) is 25.2 Å². The maximum Gasteiger partial charge on any atom is 0.306 e. The van der Waals surface area contributed by atoms with E-state index >= 15 is 0 Å². The molecule has 0 heterocycles. The molecular formula is C49H80O5. The van der Waals surface area contributed by atoms with Gasteiger partial charge in [-0.1, -0.05) is 176 Å². The fourth-order valence-corrected chi connectivity index (χ4v) is 5.45. The maximum absolute atomic E-state index is 12.6. The van der Waals surface area contributed by atoms with Gasteiger partial charge >= 0.3 is 11.9 Å². The molecule has 0 rings (SSSR count). The van der Waals surface area contributed by atoms with Gasteiger partial charge in [-0.05, 0) is 83.5 Å². The minimum absolute atomic E-state index is 0.0348. The second-order valence-corrected chi connectivity index (χ2v) is 13.8. The molecule has 0 fully saturated rings. The molecule has 0 saturated carbocycles. The molecule has 0 N–H and O–H groups in total. The molecule has 0 aromatic carbocycles. The van der Waals surface area contributed by atoms with Gasteiger partial charge in [-0.3, -0.25) is 9.59 Å². The highest BCUT2D eigenvalue weighted by molar-refractivity contribution is 5.70. The Labute approximate surface area is 332 Å². The van der Waals surface area contributed by atoms with Crippen molar-refractivity contribution in [3.05, 3.63) is 97.2 Å². The number of allylic oxidation sites excluding steroid dienone is 16. The van der Waals surface area contributed by atoms with Gasteiger partial charge in [-0.2, -0.15) is 0 Å². The summed E-state index contributed by atoms with van der Waals surface area (Å²) in [5, 5.41) is 0. The monoisotopic (exact) mass is 749 g/mol. The zero-order chi connectivity index (χ0) is 39.3. The molecule has 0 aliphatic heterocycles. The minimum atomic E-state index is -0.575. The summed E-state index contributed by atoms with van der Waals surface area (Å²) in [6, 6.07) is 0. The standard InChI is InChI=1S/C49H80O5/c1-4-7-10-13-16-18-20-22-23-24-25-26-28-30-32-35-38-41-44-52-45-47(54-49(51)43-40-37-33-15-12-9-6-3)46-53-48(50)42-39-36-34-31-29-27-21-19-17-14-11-8-5-2/h7-8,10-11,16-19,22-23,25-27,29,34,36,47H,4-6,9,12-15,20-21,24,28,30-33,35,37-46H2,1-3H3/b10-7-,11-8-,18-16-,19-17-,23-22-,26-25-,29-27-,36-34-. The first-order chi connectivity index (χ1) is 26.6. The Hall–Kier alpha value is -3.18. The van der Waals surface area contributed by atoms with Crippen molar-refractivity contribution in [1.82, 2.24) is 0 Å². The lowest BCUT2D eigenvalue weighted by atomic mass is 10.1. The fourth-order valence-electron chi connectivity index (χ4n) is 5.45. The quantitative estimate of drug-likeness (QED) is 0.0357. The Kier molecular flexibility index (Phi) is 41.6. The van der Waals surface area contributed by atoms with E-state index in [1.54, 1.807) is 0 Å². The summed E-state index contributed by atoms with van der Waals surface area (Å²) >= 11 is 0. The number of carbonyl (C=O) groups excluding carboxylic acids is 2. The summed E-state index contributed by atoms with van der Waals surface area (Å²) in [7, 11) is 0. The van der Waals surface area contributed by atoms with Crippen LogP contribution in [-0.2, 0) is 23.8 Å². The average molecular weight is 749 g/mol. The molecule has 0 bridgehead atoms. The van der Waals surface area contributed by atoms with Crippen molar-refractivity contribution in [2.75, 3.05) is 19.8 Å². The lowest BCUT2D eigenvalue weighted by molar-refractivity contribution is -0.162. The lowest BCUT2D eigenvalue weighted by Gasteiger charge is -2.18. The Balaban J connectivity index is 4.30. The maximum atomic E-state index is 12.6. The van der Waals surface area contributed by atoms with Crippen LogP contribution in [0.4, 0.5) is 0 Å². The third-order valence-corrected chi connectivity index (χ3v) is 8.63. The molecule has 0 aromatic rings. The van der Waals surface area contributed by atoms with Gasteiger partial charge in [0.2, 0.25) is 0 Å². The third kappa shape index (κ3) is 41.6. The van der Waals surface area contributed by atoms with E-state index in [2.05, 4.69) is 112 Å². The highest BCUT2D eigenvalue weighted by atomic mass is 16.6. The molecule has 1 atom stereocenters. The Bertz CT molecular complexity index is 1070. The Morgan fingerprint density at radius 2 is 0.870 bits per heavy atom. The van der Waals surface area contributed by atoms with Crippen LogP contribution in [0.15, 0.2) is 97.2 Å². The predicted octanol–water partition coefficient (Wildman–Crippen LogP) is 14.3. The van der Waals surface area contributed by atoms with E-state index in [1.807, 2.05) is 6.08 Å². The molecule has 0 saturated heterocycles. The van der Waals surface area contributed by atoms with Gasteiger partial charge < -0.3 is 14.2 Å². The van der Waals surface area contributed by atoms with Crippen LogP contribution >= 0.6 is 0 Å². The van der Waals surface area contributed by atoms with Crippen LogP contribution < -0.4 is 0 Å². The molecule has 0 aliphatic rings. The summed E-state index contributed by atoms with van der Waals surface area (Å²) in [6.07, 6.45) is 58.6. The molecular weight excluding hydrogens is 669 g/mol. The van der Waals surface area contributed by atoms with Gasteiger partial charge in [0.05, 0.1) is 6.61 Å². The van der Waals surface area contributed by atoms with Crippen LogP contribution in [0.25, 0.3) is 0 Å². The Morgan fingerprint density at radius 1 is 0.426 bits per heavy atom. The van der Waals surface area contributed by atoms with Crippen LogP contribution in [0.2, 0.25) is 0 Å². The number of hydrogen-bond donors (Lipinski definition) is 0. The second-order valence-electron chi connectivity index (χ2n) is 13.8.